The molecule has 3 heterocycles. The van der Waals surface area contributed by atoms with Crippen molar-refractivity contribution in [1.82, 2.24) is 24.5 Å². The molecule has 0 aromatic carbocycles. The number of sulfone groups is 1. The van der Waals surface area contributed by atoms with Crippen LogP contribution in [-0.2, 0) is 21.7 Å². The monoisotopic (exact) mass is 339 g/mol. The van der Waals surface area contributed by atoms with E-state index in [4.69, 9.17) is 0 Å². The molecule has 2 atom stereocenters. The van der Waals surface area contributed by atoms with Crippen LogP contribution in [0.3, 0.4) is 0 Å². The molecule has 8 nitrogen and oxygen atoms in total. The summed E-state index contributed by atoms with van der Waals surface area (Å²) in [5.74, 6) is 0.0557. The molecule has 3 rings (SSSR count). The van der Waals surface area contributed by atoms with Crippen LogP contribution in [0.15, 0.2) is 6.20 Å². The van der Waals surface area contributed by atoms with Crippen molar-refractivity contribution in [2.24, 2.45) is 7.05 Å². The lowest BCUT2D eigenvalue weighted by molar-refractivity contribution is -0.134. The summed E-state index contributed by atoms with van der Waals surface area (Å²) in [7, 11) is 0.483. The molecular weight excluding hydrogens is 318 g/mol. The summed E-state index contributed by atoms with van der Waals surface area (Å²) < 4.78 is 26.6. The first-order valence-corrected chi connectivity index (χ1v) is 9.37. The Morgan fingerprint density at radius 2 is 2.17 bits per heavy atom. The van der Waals surface area contributed by atoms with Crippen LogP contribution in [-0.4, -0.2) is 63.4 Å². The van der Waals surface area contributed by atoms with Crippen molar-refractivity contribution in [3.63, 3.8) is 0 Å². The number of likely N-dealkylation sites (N-methyl/N-ethyl adjacent to an activating group) is 1. The number of hydrogen-bond acceptors (Lipinski definition) is 5. The fourth-order valence-corrected chi connectivity index (χ4v) is 5.00. The van der Waals surface area contributed by atoms with Gasteiger partial charge >= 0.3 is 0 Å². The molecule has 1 fully saturated rings. The van der Waals surface area contributed by atoms with Gasteiger partial charge in [0, 0.05) is 20.1 Å². The van der Waals surface area contributed by atoms with Crippen molar-refractivity contribution in [3.05, 3.63) is 11.9 Å². The third kappa shape index (κ3) is 2.62. The Morgan fingerprint density at radius 3 is 2.78 bits per heavy atom. The molecule has 0 N–H and O–H groups in total. The van der Waals surface area contributed by atoms with Gasteiger partial charge in [-0.05, 0) is 20.3 Å². The highest BCUT2D eigenvalue weighted by molar-refractivity contribution is 7.91. The topological polar surface area (TPSA) is 90.1 Å². The van der Waals surface area contributed by atoms with E-state index in [1.807, 2.05) is 14.0 Å². The van der Waals surface area contributed by atoms with Gasteiger partial charge in [-0.1, -0.05) is 0 Å². The Kier molecular flexibility index (Phi) is 3.70. The van der Waals surface area contributed by atoms with Gasteiger partial charge in [-0.15, -0.1) is 0 Å². The van der Waals surface area contributed by atoms with E-state index in [1.54, 1.807) is 34.4 Å². The normalized spacial score (nSPS) is 21.7. The Bertz CT molecular complexity index is 866. The molecule has 0 radical (unpaired) electrons. The van der Waals surface area contributed by atoms with Crippen LogP contribution in [0.5, 0.6) is 0 Å². The predicted octanol–water partition coefficient (Wildman–Crippen LogP) is 0.285. The smallest absolute Gasteiger partial charge is 0.247 e. The van der Waals surface area contributed by atoms with Gasteiger partial charge in [0.25, 0.3) is 0 Å². The molecule has 1 amide bonds. The number of fused-ring (bicyclic) bond motifs is 1. The minimum atomic E-state index is -3.02. The molecule has 2 aromatic heterocycles. The van der Waals surface area contributed by atoms with Gasteiger partial charge in [-0.3, -0.25) is 9.48 Å². The van der Waals surface area contributed by atoms with Gasteiger partial charge in [0.05, 0.1) is 23.4 Å². The lowest BCUT2D eigenvalue weighted by Crippen LogP contribution is -2.41. The van der Waals surface area contributed by atoms with E-state index in [0.29, 0.717) is 6.42 Å². The molecule has 0 saturated carbocycles. The molecule has 2 aromatic rings. The molecule has 1 aliphatic heterocycles. The molecule has 0 spiro atoms. The Hall–Kier alpha value is -1.90. The van der Waals surface area contributed by atoms with Gasteiger partial charge in [-0.25, -0.2) is 13.1 Å². The number of aromatic nitrogens is 4. The number of nitrogens with zero attached hydrogens (tertiary/aromatic N) is 5. The molecule has 0 aliphatic carbocycles. The minimum absolute atomic E-state index is 0.0440. The molecule has 1 aliphatic rings. The molecular formula is C14H21N5O3S. The summed E-state index contributed by atoms with van der Waals surface area (Å²) in [5, 5.41) is 8.67. The summed E-state index contributed by atoms with van der Waals surface area (Å²) in [5.41, 5.74) is 2.51. The first-order chi connectivity index (χ1) is 10.7. The summed E-state index contributed by atoms with van der Waals surface area (Å²) in [6.07, 6.45) is 2.19. The van der Waals surface area contributed by atoms with Crippen molar-refractivity contribution in [3.8, 4) is 0 Å². The Labute approximate surface area is 135 Å². The van der Waals surface area contributed by atoms with E-state index in [-0.39, 0.29) is 23.5 Å². The van der Waals surface area contributed by atoms with E-state index in [2.05, 4.69) is 10.2 Å². The zero-order valence-electron chi connectivity index (χ0n) is 13.7. The van der Waals surface area contributed by atoms with Gasteiger partial charge < -0.3 is 4.90 Å². The largest absolute Gasteiger partial charge is 0.340 e. The number of carbonyl (C=O) groups excluding carboxylic acids is 1. The Balaban J connectivity index is 1.87. The van der Waals surface area contributed by atoms with Gasteiger partial charge in [0.15, 0.2) is 9.84 Å². The number of carbonyl (C=O) groups is 1. The fraction of sp³-hybridized carbons (Fsp3) is 0.643. The maximum absolute atomic E-state index is 12.7. The summed E-state index contributed by atoms with van der Waals surface area (Å²) in [6.45, 7) is 3.66. The SMILES string of the molecule is Cc1nn(C)c2cnn([C@H](C)C(=O)N(C)[C@@H]3CCS(=O)(=O)C3)c12. The van der Waals surface area contributed by atoms with Crippen molar-refractivity contribution < 1.29 is 13.2 Å². The van der Waals surface area contributed by atoms with Crippen LogP contribution in [0, 0.1) is 6.92 Å². The highest BCUT2D eigenvalue weighted by Gasteiger charge is 2.35. The molecule has 1 saturated heterocycles. The molecule has 0 unspecified atom stereocenters. The summed E-state index contributed by atoms with van der Waals surface area (Å²) >= 11 is 0. The van der Waals surface area contributed by atoms with E-state index >= 15 is 0 Å². The van der Waals surface area contributed by atoms with Crippen molar-refractivity contribution >= 4 is 26.8 Å². The van der Waals surface area contributed by atoms with E-state index in [1.165, 1.54) is 0 Å². The highest BCUT2D eigenvalue weighted by Crippen LogP contribution is 2.24. The first-order valence-electron chi connectivity index (χ1n) is 7.55. The zero-order valence-corrected chi connectivity index (χ0v) is 14.5. The molecule has 23 heavy (non-hydrogen) atoms. The fourth-order valence-electron chi connectivity index (χ4n) is 3.22. The number of rotatable bonds is 3. The highest BCUT2D eigenvalue weighted by atomic mass is 32.2. The number of amides is 1. The summed E-state index contributed by atoms with van der Waals surface area (Å²) in [4.78, 5) is 14.3. The van der Waals surface area contributed by atoms with Crippen LogP contribution in [0.1, 0.15) is 25.1 Å². The lowest BCUT2D eigenvalue weighted by atomic mass is 10.2. The van der Waals surface area contributed by atoms with Crippen molar-refractivity contribution in [2.45, 2.75) is 32.4 Å². The second-order valence-corrected chi connectivity index (χ2v) is 8.44. The van der Waals surface area contributed by atoms with Crippen LogP contribution in [0.25, 0.3) is 11.0 Å². The van der Waals surface area contributed by atoms with Crippen molar-refractivity contribution in [1.29, 1.82) is 0 Å². The van der Waals surface area contributed by atoms with E-state index in [0.717, 1.165) is 16.7 Å². The number of aryl methyl sites for hydroxylation is 2. The minimum Gasteiger partial charge on any atom is -0.340 e. The third-order valence-corrected chi connectivity index (χ3v) is 6.35. The second kappa shape index (κ2) is 5.33. The quantitative estimate of drug-likeness (QED) is 0.801. The van der Waals surface area contributed by atoms with E-state index < -0.39 is 15.9 Å². The van der Waals surface area contributed by atoms with Gasteiger partial charge in [0.1, 0.15) is 17.1 Å². The van der Waals surface area contributed by atoms with Crippen LogP contribution >= 0.6 is 0 Å². The zero-order chi connectivity index (χ0) is 16.9. The predicted molar refractivity (Wildman–Crippen MR) is 85.8 cm³/mol. The molecule has 0 bridgehead atoms. The third-order valence-electron chi connectivity index (χ3n) is 4.60. The maximum Gasteiger partial charge on any atom is 0.247 e. The standard InChI is InChI=1S/C14H21N5O3S/c1-9-13-12(18(4)16-9)7-15-19(13)10(2)14(20)17(3)11-5-6-23(21,22)8-11/h7,10-11H,5-6,8H2,1-4H3/t10-,11-/m1/s1. The average Bonchev–Trinajstić information content (AvgIpc) is 3.14. The Morgan fingerprint density at radius 1 is 1.48 bits per heavy atom. The second-order valence-electron chi connectivity index (χ2n) is 6.21. The average molecular weight is 339 g/mol. The van der Waals surface area contributed by atoms with Crippen LogP contribution in [0.4, 0.5) is 0 Å². The molecule has 126 valence electrons. The van der Waals surface area contributed by atoms with Crippen molar-refractivity contribution in [2.75, 3.05) is 18.6 Å². The van der Waals surface area contributed by atoms with E-state index in [9.17, 15) is 13.2 Å². The van der Waals surface area contributed by atoms with Gasteiger partial charge in [0.2, 0.25) is 5.91 Å². The number of hydrogen-bond donors (Lipinski definition) is 0. The lowest BCUT2D eigenvalue weighted by Gasteiger charge is -2.26. The summed E-state index contributed by atoms with van der Waals surface area (Å²) in [6, 6.07) is -0.764. The van der Waals surface area contributed by atoms with Gasteiger partial charge in [-0.2, -0.15) is 10.2 Å². The first kappa shape index (κ1) is 16.0. The molecule has 9 heteroatoms. The van der Waals surface area contributed by atoms with Crippen LogP contribution in [0.2, 0.25) is 0 Å². The maximum atomic E-state index is 12.7. The van der Waals surface area contributed by atoms with Crippen LogP contribution < -0.4 is 0 Å².